The number of nitrogens with zero attached hydrogens (tertiary/aromatic N) is 5. The molecule has 1 aliphatic rings. The lowest BCUT2D eigenvalue weighted by Gasteiger charge is -2.24. The second kappa shape index (κ2) is 6.48. The Bertz CT molecular complexity index is 709. The minimum Gasteiger partial charge on any atom is -0.334 e. The SMILES string of the molecule is Cc1cncc(C2CCCN2C(=O)CCc2cnn(C)c2C)n1. The van der Waals surface area contributed by atoms with E-state index in [-0.39, 0.29) is 11.9 Å². The molecular weight excluding hydrogens is 290 g/mol. The standard InChI is InChI=1S/C17H23N5O/c1-12-9-18-11-15(20-12)16-5-4-8-22(16)17(23)7-6-14-10-19-21(3)13(14)2/h9-11,16H,4-8H2,1-3H3. The van der Waals surface area contributed by atoms with Gasteiger partial charge in [0.2, 0.25) is 5.91 Å². The Morgan fingerprint density at radius 3 is 2.83 bits per heavy atom. The highest BCUT2D eigenvalue weighted by molar-refractivity contribution is 5.77. The molecule has 1 unspecified atom stereocenters. The third-order valence-corrected chi connectivity index (χ3v) is 4.63. The van der Waals surface area contributed by atoms with E-state index in [0.29, 0.717) is 6.42 Å². The van der Waals surface area contributed by atoms with Crippen LogP contribution in [0.15, 0.2) is 18.6 Å². The number of aryl methyl sites for hydroxylation is 3. The van der Waals surface area contributed by atoms with E-state index in [1.165, 1.54) is 0 Å². The Kier molecular flexibility index (Phi) is 4.41. The Labute approximate surface area is 136 Å². The number of rotatable bonds is 4. The molecule has 0 aromatic carbocycles. The molecule has 6 heteroatoms. The zero-order valence-electron chi connectivity index (χ0n) is 14.0. The molecule has 3 rings (SSSR count). The topological polar surface area (TPSA) is 63.9 Å². The van der Waals surface area contributed by atoms with Gasteiger partial charge >= 0.3 is 0 Å². The normalized spacial score (nSPS) is 17.7. The van der Waals surface area contributed by atoms with E-state index < -0.39 is 0 Å². The van der Waals surface area contributed by atoms with Gasteiger partial charge < -0.3 is 4.90 Å². The number of carbonyl (C=O) groups excluding carboxylic acids is 1. The highest BCUT2D eigenvalue weighted by Crippen LogP contribution is 2.31. The lowest BCUT2D eigenvalue weighted by molar-refractivity contribution is -0.132. The molecule has 0 spiro atoms. The van der Waals surface area contributed by atoms with Crippen molar-refractivity contribution in [1.29, 1.82) is 0 Å². The van der Waals surface area contributed by atoms with Crippen molar-refractivity contribution in [2.45, 2.75) is 45.6 Å². The molecule has 0 N–H and O–H groups in total. The van der Waals surface area contributed by atoms with Gasteiger partial charge in [0.05, 0.1) is 29.8 Å². The quantitative estimate of drug-likeness (QED) is 0.867. The summed E-state index contributed by atoms with van der Waals surface area (Å²) < 4.78 is 1.85. The van der Waals surface area contributed by atoms with Crippen LogP contribution in [0, 0.1) is 13.8 Å². The number of amides is 1. The lowest BCUT2D eigenvalue weighted by atomic mass is 10.1. The average molecular weight is 313 g/mol. The van der Waals surface area contributed by atoms with Gasteiger partial charge in [-0.15, -0.1) is 0 Å². The van der Waals surface area contributed by atoms with Crippen LogP contribution in [0.3, 0.4) is 0 Å². The van der Waals surface area contributed by atoms with E-state index >= 15 is 0 Å². The summed E-state index contributed by atoms with van der Waals surface area (Å²) in [5.41, 5.74) is 4.08. The molecule has 0 saturated carbocycles. The molecule has 3 heterocycles. The van der Waals surface area contributed by atoms with Gasteiger partial charge in [-0.3, -0.25) is 19.4 Å². The van der Waals surface area contributed by atoms with Crippen molar-refractivity contribution < 1.29 is 4.79 Å². The summed E-state index contributed by atoms with van der Waals surface area (Å²) in [6, 6.07) is 0.0740. The van der Waals surface area contributed by atoms with Gasteiger partial charge in [-0.25, -0.2) is 0 Å². The number of carbonyl (C=O) groups is 1. The van der Waals surface area contributed by atoms with Crippen LogP contribution in [0.4, 0.5) is 0 Å². The van der Waals surface area contributed by atoms with Crippen LogP contribution in [-0.2, 0) is 18.3 Å². The van der Waals surface area contributed by atoms with Crippen LogP contribution in [0.25, 0.3) is 0 Å². The smallest absolute Gasteiger partial charge is 0.223 e. The molecule has 0 bridgehead atoms. The largest absolute Gasteiger partial charge is 0.334 e. The first kappa shape index (κ1) is 15.6. The fourth-order valence-electron chi connectivity index (χ4n) is 3.19. The van der Waals surface area contributed by atoms with Gasteiger partial charge in [-0.05, 0) is 38.7 Å². The Hall–Kier alpha value is -2.24. The highest BCUT2D eigenvalue weighted by Gasteiger charge is 2.30. The molecule has 1 fully saturated rings. The van der Waals surface area contributed by atoms with Crippen LogP contribution < -0.4 is 0 Å². The monoisotopic (exact) mass is 313 g/mol. The number of hydrogen-bond acceptors (Lipinski definition) is 4. The third-order valence-electron chi connectivity index (χ3n) is 4.63. The Morgan fingerprint density at radius 1 is 1.30 bits per heavy atom. The van der Waals surface area contributed by atoms with Crippen molar-refractivity contribution in [3.63, 3.8) is 0 Å². The number of hydrogen-bond donors (Lipinski definition) is 0. The molecule has 1 saturated heterocycles. The van der Waals surface area contributed by atoms with Crippen LogP contribution in [0.1, 0.15) is 47.9 Å². The molecule has 0 aliphatic carbocycles. The number of likely N-dealkylation sites (tertiary alicyclic amines) is 1. The summed E-state index contributed by atoms with van der Waals surface area (Å²) in [5.74, 6) is 0.194. The predicted molar refractivity (Wildman–Crippen MR) is 86.7 cm³/mol. The summed E-state index contributed by atoms with van der Waals surface area (Å²) in [6.45, 7) is 4.78. The van der Waals surface area contributed by atoms with Gasteiger partial charge in [0, 0.05) is 31.9 Å². The van der Waals surface area contributed by atoms with Crippen molar-refractivity contribution in [2.75, 3.05) is 6.54 Å². The van der Waals surface area contributed by atoms with Gasteiger partial charge in [0.25, 0.3) is 0 Å². The van der Waals surface area contributed by atoms with Crippen molar-refractivity contribution in [2.24, 2.45) is 7.05 Å². The molecule has 2 aromatic heterocycles. The Balaban J connectivity index is 1.67. The second-order valence-corrected chi connectivity index (χ2v) is 6.21. The second-order valence-electron chi connectivity index (χ2n) is 6.21. The fraction of sp³-hybridized carbons (Fsp3) is 0.529. The minimum absolute atomic E-state index is 0.0740. The van der Waals surface area contributed by atoms with Gasteiger partial charge in [0.15, 0.2) is 0 Å². The molecule has 1 atom stereocenters. The first-order chi connectivity index (χ1) is 11.1. The molecule has 1 aliphatic heterocycles. The van der Waals surface area contributed by atoms with E-state index in [9.17, 15) is 4.79 Å². The van der Waals surface area contributed by atoms with Gasteiger partial charge in [-0.2, -0.15) is 5.10 Å². The first-order valence-electron chi connectivity index (χ1n) is 8.11. The first-order valence-corrected chi connectivity index (χ1v) is 8.11. The maximum atomic E-state index is 12.7. The maximum absolute atomic E-state index is 12.7. The van der Waals surface area contributed by atoms with Gasteiger partial charge in [0.1, 0.15) is 0 Å². The summed E-state index contributed by atoms with van der Waals surface area (Å²) in [6.07, 6.45) is 8.64. The van der Waals surface area contributed by atoms with E-state index in [0.717, 1.165) is 48.5 Å². The average Bonchev–Trinajstić information content (AvgIpc) is 3.14. The molecule has 0 radical (unpaired) electrons. The van der Waals surface area contributed by atoms with Crippen LogP contribution >= 0.6 is 0 Å². The molecule has 23 heavy (non-hydrogen) atoms. The van der Waals surface area contributed by atoms with E-state index in [2.05, 4.69) is 15.1 Å². The van der Waals surface area contributed by atoms with Crippen molar-refractivity contribution >= 4 is 5.91 Å². The van der Waals surface area contributed by atoms with Crippen molar-refractivity contribution in [3.05, 3.63) is 41.2 Å². The summed E-state index contributed by atoms with van der Waals surface area (Å²) in [5, 5.41) is 4.24. The summed E-state index contributed by atoms with van der Waals surface area (Å²) in [4.78, 5) is 23.4. The van der Waals surface area contributed by atoms with E-state index in [1.54, 1.807) is 12.4 Å². The van der Waals surface area contributed by atoms with Crippen molar-refractivity contribution in [1.82, 2.24) is 24.6 Å². The molecule has 6 nitrogen and oxygen atoms in total. The number of aromatic nitrogens is 4. The highest BCUT2D eigenvalue weighted by atomic mass is 16.2. The van der Waals surface area contributed by atoms with Crippen LogP contribution in [-0.4, -0.2) is 37.1 Å². The predicted octanol–water partition coefficient (Wildman–Crippen LogP) is 2.12. The Morgan fingerprint density at radius 2 is 2.13 bits per heavy atom. The van der Waals surface area contributed by atoms with E-state index in [4.69, 9.17) is 0 Å². The molecule has 1 amide bonds. The van der Waals surface area contributed by atoms with Crippen LogP contribution in [0.2, 0.25) is 0 Å². The lowest BCUT2D eigenvalue weighted by Crippen LogP contribution is -2.31. The zero-order chi connectivity index (χ0) is 16.4. The minimum atomic E-state index is 0.0740. The molecular formula is C17H23N5O. The summed E-state index contributed by atoms with van der Waals surface area (Å²) in [7, 11) is 1.92. The zero-order valence-corrected chi connectivity index (χ0v) is 14.0. The van der Waals surface area contributed by atoms with E-state index in [1.807, 2.05) is 36.7 Å². The maximum Gasteiger partial charge on any atom is 0.223 e. The summed E-state index contributed by atoms with van der Waals surface area (Å²) >= 11 is 0. The molecule has 2 aromatic rings. The van der Waals surface area contributed by atoms with Crippen LogP contribution in [0.5, 0.6) is 0 Å². The van der Waals surface area contributed by atoms with Crippen molar-refractivity contribution in [3.8, 4) is 0 Å². The van der Waals surface area contributed by atoms with Gasteiger partial charge in [-0.1, -0.05) is 0 Å². The molecule has 122 valence electrons. The fourth-order valence-corrected chi connectivity index (χ4v) is 3.19. The third kappa shape index (κ3) is 3.25.